The zero-order valence-electron chi connectivity index (χ0n) is 13.8. The summed E-state index contributed by atoms with van der Waals surface area (Å²) in [6, 6.07) is 2.25. The van der Waals surface area contributed by atoms with Gasteiger partial charge in [0.15, 0.2) is 0 Å². The molecule has 1 heterocycles. The van der Waals surface area contributed by atoms with Gasteiger partial charge in [0.05, 0.1) is 22.2 Å². The van der Waals surface area contributed by atoms with Crippen LogP contribution < -0.4 is 10.1 Å². The number of aliphatic hydroxyl groups is 1. The molecular formula is C16H14ClF5N2O3. The van der Waals surface area contributed by atoms with E-state index in [1.165, 1.54) is 0 Å². The Morgan fingerprint density at radius 1 is 1.33 bits per heavy atom. The van der Waals surface area contributed by atoms with E-state index in [0.717, 1.165) is 12.1 Å². The predicted octanol–water partition coefficient (Wildman–Crippen LogP) is 4.01. The number of aliphatic hydroxyl groups excluding tert-OH is 1. The summed E-state index contributed by atoms with van der Waals surface area (Å²) in [7, 11) is 0. The van der Waals surface area contributed by atoms with Gasteiger partial charge in [-0.05, 0) is 24.6 Å². The summed E-state index contributed by atoms with van der Waals surface area (Å²) in [4.78, 5) is 15.8. The molecule has 0 radical (unpaired) electrons. The number of pyridine rings is 1. The summed E-state index contributed by atoms with van der Waals surface area (Å²) in [5, 5.41) is 11.2. The molecule has 2 aromatic rings. The molecule has 148 valence electrons. The Kier molecular flexibility index (Phi) is 6.42. The third kappa shape index (κ3) is 5.16. The van der Waals surface area contributed by atoms with Gasteiger partial charge in [-0.2, -0.15) is 22.0 Å². The molecule has 2 N–H and O–H groups in total. The maximum Gasteiger partial charge on any atom is 0.418 e. The Bertz CT molecular complexity index is 845. The van der Waals surface area contributed by atoms with Crippen LogP contribution in [0.5, 0.6) is 5.75 Å². The van der Waals surface area contributed by atoms with E-state index >= 15 is 0 Å². The molecule has 0 bridgehead atoms. The number of carbonyl (C=O) groups excluding carboxylic acids is 1. The van der Waals surface area contributed by atoms with Crippen LogP contribution in [0, 0.1) is 0 Å². The molecule has 1 amide bonds. The highest BCUT2D eigenvalue weighted by Gasteiger charge is 2.35. The van der Waals surface area contributed by atoms with E-state index in [-0.39, 0.29) is 17.0 Å². The number of alkyl halides is 5. The number of hydrogen-bond acceptors (Lipinski definition) is 4. The number of amides is 1. The van der Waals surface area contributed by atoms with Crippen LogP contribution in [0.4, 0.5) is 22.0 Å². The number of aromatic nitrogens is 1. The second kappa shape index (κ2) is 8.22. The van der Waals surface area contributed by atoms with Crippen LogP contribution in [0.2, 0.25) is 5.02 Å². The van der Waals surface area contributed by atoms with E-state index in [1.54, 1.807) is 6.92 Å². The predicted molar refractivity (Wildman–Crippen MR) is 87.0 cm³/mol. The number of carbonyl (C=O) groups is 1. The highest BCUT2D eigenvalue weighted by atomic mass is 35.5. The number of nitrogens with zero attached hydrogens (tertiary/aromatic N) is 1. The molecule has 27 heavy (non-hydrogen) atoms. The molecule has 11 heteroatoms. The number of halogens is 6. The molecule has 0 aliphatic rings. The first-order chi connectivity index (χ1) is 12.5. The van der Waals surface area contributed by atoms with Gasteiger partial charge in [-0.15, -0.1) is 0 Å². The van der Waals surface area contributed by atoms with E-state index in [4.69, 9.17) is 11.6 Å². The normalized spacial score (nSPS) is 13.1. The Balaban J connectivity index is 2.55. The van der Waals surface area contributed by atoms with Crippen molar-refractivity contribution in [2.75, 3.05) is 6.54 Å². The van der Waals surface area contributed by atoms with E-state index in [1.807, 2.05) is 0 Å². The highest BCUT2D eigenvalue weighted by molar-refractivity contribution is 6.35. The fourth-order valence-electron chi connectivity index (χ4n) is 2.21. The molecule has 1 unspecified atom stereocenters. The first-order valence-corrected chi connectivity index (χ1v) is 8.03. The molecule has 0 aliphatic heterocycles. The summed E-state index contributed by atoms with van der Waals surface area (Å²) >= 11 is 5.95. The van der Waals surface area contributed by atoms with Crippen LogP contribution in [0.25, 0.3) is 10.9 Å². The van der Waals surface area contributed by atoms with E-state index in [0.29, 0.717) is 12.5 Å². The van der Waals surface area contributed by atoms with Crippen LogP contribution >= 0.6 is 11.6 Å². The minimum absolute atomic E-state index is 0.125. The lowest BCUT2D eigenvalue weighted by molar-refractivity contribution is -0.136. The van der Waals surface area contributed by atoms with Gasteiger partial charge in [-0.25, -0.2) is 4.98 Å². The van der Waals surface area contributed by atoms with Crippen molar-refractivity contribution in [3.63, 3.8) is 0 Å². The number of hydrogen-bond donors (Lipinski definition) is 2. The maximum absolute atomic E-state index is 13.3. The molecule has 0 aliphatic carbocycles. The van der Waals surface area contributed by atoms with Crippen LogP contribution in [-0.4, -0.2) is 35.3 Å². The lowest BCUT2D eigenvalue weighted by atomic mass is 10.1. The maximum atomic E-state index is 13.3. The second-order valence-corrected chi connectivity index (χ2v) is 5.91. The largest absolute Gasteiger partial charge is 0.435 e. The summed E-state index contributed by atoms with van der Waals surface area (Å²) in [6.07, 6.45) is -5.43. The van der Waals surface area contributed by atoms with Crippen molar-refractivity contribution in [1.29, 1.82) is 0 Å². The number of benzene rings is 1. The molecule has 0 spiro atoms. The first-order valence-electron chi connectivity index (χ1n) is 7.65. The van der Waals surface area contributed by atoms with Crippen molar-refractivity contribution in [1.82, 2.24) is 10.3 Å². The molecule has 1 aromatic heterocycles. The summed E-state index contributed by atoms with van der Waals surface area (Å²) in [6.45, 7) is -1.78. The zero-order chi connectivity index (χ0) is 20.4. The third-order valence-corrected chi connectivity index (χ3v) is 3.88. The minimum atomic E-state index is -4.95. The van der Waals surface area contributed by atoms with Gasteiger partial charge >= 0.3 is 12.8 Å². The van der Waals surface area contributed by atoms with Gasteiger partial charge in [-0.3, -0.25) is 4.79 Å². The molecule has 0 saturated carbocycles. The molecular weight excluding hydrogens is 399 g/mol. The quantitative estimate of drug-likeness (QED) is 0.703. The van der Waals surface area contributed by atoms with Crippen molar-refractivity contribution in [3.05, 3.63) is 34.5 Å². The fraction of sp³-hybridized carbons (Fsp3) is 0.375. The Morgan fingerprint density at radius 2 is 2.00 bits per heavy atom. The zero-order valence-corrected chi connectivity index (χ0v) is 14.5. The summed E-state index contributed by atoms with van der Waals surface area (Å²) in [5.41, 5.74) is -2.47. The van der Waals surface area contributed by atoms with Crippen LogP contribution in [-0.2, 0) is 6.18 Å². The van der Waals surface area contributed by atoms with Gasteiger partial charge in [0, 0.05) is 11.9 Å². The SMILES string of the molecule is CCC(O)CNC(=O)c1cc(Cl)c2cc(OC(F)F)cc(C(F)(F)F)c2n1. The lowest BCUT2D eigenvalue weighted by Gasteiger charge is -2.15. The number of fused-ring (bicyclic) bond motifs is 1. The molecule has 2 rings (SSSR count). The minimum Gasteiger partial charge on any atom is -0.435 e. The number of nitrogens with one attached hydrogen (secondary N) is 1. The third-order valence-electron chi connectivity index (χ3n) is 3.57. The standard InChI is InChI=1S/C16H14ClF5N2O3/c1-2-7(25)6-23-14(26)12-5-11(17)9-3-8(27-15(18)19)4-10(13(9)24-12)16(20,21)22/h3-5,7,15,25H,2,6H2,1H3,(H,23,26). The Hall–Kier alpha value is -2.20. The highest BCUT2D eigenvalue weighted by Crippen LogP contribution is 2.39. The van der Waals surface area contributed by atoms with Gasteiger partial charge in [0.2, 0.25) is 0 Å². The monoisotopic (exact) mass is 412 g/mol. The molecule has 0 saturated heterocycles. The van der Waals surface area contributed by atoms with E-state index < -0.39 is 47.3 Å². The summed E-state index contributed by atoms with van der Waals surface area (Å²) < 4.78 is 68.8. The first kappa shape index (κ1) is 21.1. The van der Waals surface area contributed by atoms with Crippen molar-refractivity contribution in [3.8, 4) is 5.75 Å². The second-order valence-electron chi connectivity index (χ2n) is 5.50. The molecule has 5 nitrogen and oxygen atoms in total. The molecule has 1 atom stereocenters. The average Bonchev–Trinajstić information content (AvgIpc) is 2.57. The van der Waals surface area contributed by atoms with E-state index in [2.05, 4.69) is 15.0 Å². The van der Waals surface area contributed by atoms with Crippen LogP contribution in [0.1, 0.15) is 29.4 Å². The lowest BCUT2D eigenvalue weighted by Crippen LogP contribution is -2.32. The van der Waals surface area contributed by atoms with E-state index in [9.17, 15) is 31.9 Å². The topological polar surface area (TPSA) is 71.5 Å². The van der Waals surface area contributed by atoms with Gasteiger partial charge in [-0.1, -0.05) is 18.5 Å². The summed E-state index contributed by atoms with van der Waals surface area (Å²) in [5.74, 6) is -1.58. The van der Waals surface area contributed by atoms with Crippen molar-refractivity contribution < 1.29 is 36.6 Å². The molecule has 0 fully saturated rings. The van der Waals surface area contributed by atoms with Gasteiger partial charge in [0.25, 0.3) is 5.91 Å². The smallest absolute Gasteiger partial charge is 0.418 e. The van der Waals surface area contributed by atoms with Gasteiger partial charge < -0.3 is 15.2 Å². The van der Waals surface area contributed by atoms with Gasteiger partial charge in [0.1, 0.15) is 11.4 Å². The average molecular weight is 413 g/mol. The number of ether oxygens (including phenoxy) is 1. The van der Waals surface area contributed by atoms with Crippen LogP contribution in [0.15, 0.2) is 18.2 Å². The fourth-order valence-corrected chi connectivity index (χ4v) is 2.46. The van der Waals surface area contributed by atoms with Crippen molar-refractivity contribution in [2.45, 2.75) is 32.2 Å². The Morgan fingerprint density at radius 3 is 2.56 bits per heavy atom. The van der Waals surface area contributed by atoms with Crippen LogP contribution in [0.3, 0.4) is 0 Å². The molecule has 1 aromatic carbocycles. The number of rotatable bonds is 6. The van der Waals surface area contributed by atoms with Crippen molar-refractivity contribution >= 4 is 28.4 Å². The van der Waals surface area contributed by atoms with Crippen molar-refractivity contribution in [2.24, 2.45) is 0 Å². The Labute approximate surface area is 155 Å².